The summed E-state index contributed by atoms with van der Waals surface area (Å²) in [6, 6.07) is 6.29. The molecule has 116 valence electrons. The van der Waals surface area contributed by atoms with E-state index >= 15 is 0 Å². The smallest absolute Gasteiger partial charge is 0.140 e. The summed E-state index contributed by atoms with van der Waals surface area (Å²) in [5.41, 5.74) is 3.17. The number of anilines is 1. The number of thiophene rings is 1. The molecule has 0 aliphatic heterocycles. The van der Waals surface area contributed by atoms with E-state index in [1.54, 1.807) is 17.7 Å². The third-order valence-corrected chi connectivity index (χ3v) is 5.08. The first-order valence-electron chi connectivity index (χ1n) is 7.65. The minimum atomic E-state index is 0.643. The van der Waals surface area contributed by atoms with E-state index in [-0.39, 0.29) is 0 Å². The summed E-state index contributed by atoms with van der Waals surface area (Å²) in [7, 11) is 0. The highest BCUT2D eigenvalue weighted by molar-refractivity contribution is 7.18. The minimum absolute atomic E-state index is 0.643. The first-order valence-corrected chi connectivity index (χ1v) is 8.46. The summed E-state index contributed by atoms with van der Waals surface area (Å²) in [4.78, 5) is 15.8. The molecule has 0 fully saturated rings. The summed E-state index contributed by atoms with van der Waals surface area (Å²) in [5.74, 6) is 0.875. The quantitative estimate of drug-likeness (QED) is 0.620. The third kappa shape index (κ3) is 2.55. The van der Waals surface area contributed by atoms with Crippen molar-refractivity contribution in [2.45, 2.75) is 26.8 Å². The van der Waals surface area contributed by atoms with Crippen molar-refractivity contribution in [3.8, 4) is 0 Å². The largest absolute Gasteiger partial charge is 0.364 e. The fourth-order valence-electron chi connectivity index (χ4n) is 2.68. The Bertz CT molecular complexity index is 985. The van der Waals surface area contributed by atoms with Gasteiger partial charge in [0.05, 0.1) is 17.6 Å². The van der Waals surface area contributed by atoms with Gasteiger partial charge in [0, 0.05) is 17.3 Å². The molecule has 4 aromatic rings. The Morgan fingerprint density at radius 1 is 1.30 bits per heavy atom. The molecule has 0 aliphatic carbocycles. The maximum atomic E-state index is 4.69. The van der Waals surface area contributed by atoms with Crippen LogP contribution in [-0.2, 0) is 13.0 Å². The van der Waals surface area contributed by atoms with Gasteiger partial charge in [0.15, 0.2) is 0 Å². The first-order chi connectivity index (χ1) is 11.2. The Kier molecular flexibility index (Phi) is 3.46. The van der Waals surface area contributed by atoms with Gasteiger partial charge in [-0.05, 0) is 31.0 Å². The molecule has 4 aromatic heterocycles. The van der Waals surface area contributed by atoms with Crippen LogP contribution >= 0.6 is 11.3 Å². The Morgan fingerprint density at radius 3 is 3.04 bits per heavy atom. The Balaban J connectivity index is 1.63. The fourth-order valence-corrected chi connectivity index (χ4v) is 3.62. The molecule has 0 bridgehead atoms. The SMILES string of the molecule is CCc1cc2c(NCc3cn4cccc(C)c4n3)ncnc2s1. The molecule has 0 saturated carbocycles. The van der Waals surface area contributed by atoms with Crippen molar-refractivity contribution in [2.24, 2.45) is 0 Å². The van der Waals surface area contributed by atoms with E-state index in [4.69, 9.17) is 0 Å². The van der Waals surface area contributed by atoms with E-state index < -0.39 is 0 Å². The number of fused-ring (bicyclic) bond motifs is 2. The predicted molar refractivity (Wildman–Crippen MR) is 94.0 cm³/mol. The lowest BCUT2D eigenvalue weighted by Gasteiger charge is -2.03. The second kappa shape index (κ2) is 5.62. The number of hydrogen-bond acceptors (Lipinski definition) is 5. The van der Waals surface area contributed by atoms with Gasteiger partial charge in [-0.2, -0.15) is 0 Å². The highest BCUT2D eigenvalue weighted by Crippen LogP contribution is 2.28. The lowest BCUT2D eigenvalue weighted by Crippen LogP contribution is -2.02. The second-order valence-corrected chi connectivity index (χ2v) is 6.63. The summed E-state index contributed by atoms with van der Waals surface area (Å²) < 4.78 is 2.06. The standard InChI is InChI=1S/C17H17N5S/c1-3-13-7-14-15(19-10-20-17(14)23-13)18-8-12-9-22-6-4-5-11(2)16(22)21-12/h4-7,9-10H,3,8H2,1-2H3,(H,18,19,20). The number of nitrogens with zero attached hydrogens (tertiary/aromatic N) is 4. The van der Waals surface area contributed by atoms with Gasteiger partial charge in [-0.25, -0.2) is 15.0 Å². The number of rotatable bonds is 4. The maximum absolute atomic E-state index is 4.69. The summed E-state index contributed by atoms with van der Waals surface area (Å²) >= 11 is 1.73. The van der Waals surface area contributed by atoms with Crippen molar-refractivity contribution in [3.05, 3.63) is 53.1 Å². The first kappa shape index (κ1) is 14.1. The molecule has 4 heterocycles. The average Bonchev–Trinajstić information content (AvgIpc) is 3.17. The van der Waals surface area contributed by atoms with E-state index in [0.29, 0.717) is 6.54 Å². The molecule has 0 aliphatic rings. The van der Waals surface area contributed by atoms with E-state index in [9.17, 15) is 0 Å². The van der Waals surface area contributed by atoms with Crippen LogP contribution in [0.25, 0.3) is 15.9 Å². The van der Waals surface area contributed by atoms with Gasteiger partial charge in [0.25, 0.3) is 0 Å². The van der Waals surface area contributed by atoms with Gasteiger partial charge >= 0.3 is 0 Å². The summed E-state index contributed by atoms with van der Waals surface area (Å²) in [5, 5.41) is 4.49. The number of pyridine rings is 1. The molecule has 0 saturated heterocycles. The van der Waals surface area contributed by atoms with Crippen molar-refractivity contribution >= 4 is 33.0 Å². The van der Waals surface area contributed by atoms with Crippen LogP contribution in [-0.4, -0.2) is 19.4 Å². The molecule has 23 heavy (non-hydrogen) atoms. The number of aryl methyl sites for hydroxylation is 2. The zero-order valence-corrected chi connectivity index (χ0v) is 13.9. The molecule has 0 spiro atoms. The molecule has 0 radical (unpaired) electrons. The number of imidazole rings is 1. The van der Waals surface area contributed by atoms with Crippen molar-refractivity contribution in [1.82, 2.24) is 19.4 Å². The topological polar surface area (TPSA) is 55.1 Å². The second-order valence-electron chi connectivity index (χ2n) is 5.52. The van der Waals surface area contributed by atoms with Gasteiger partial charge in [-0.15, -0.1) is 11.3 Å². The third-order valence-electron chi connectivity index (χ3n) is 3.89. The van der Waals surface area contributed by atoms with Crippen molar-refractivity contribution in [3.63, 3.8) is 0 Å². The monoisotopic (exact) mass is 323 g/mol. The van der Waals surface area contributed by atoms with Crippen molar-refractivity contribution in [2.75, 3.05) is 5.32 Å². The molecule has 0 atom stereocenters. The highest BCUT2D eigenvalue weighted by Gasteiger charge is 2.09. The normalized spacial score (nSPS) is 11.4. The summed E-state index contributed by atoms with van der Waals surface area (Å²) in [6.07, 6.45) is 6.72. The predicted octanol–water partition coefficient (Wildman–Crippen LogP) is 3.82. The van der Waals surface area contributed by atoms with Crippen LogP contribution in [0.4, 0.5) is 5.82 Å². The molecule has 6 heteroatoms. The van der Waals surface area contributed by atoms with Crippen molar-refractivity contribution < 1.29 is 0 Å². The molecule has 1 N–H and O–H groups in total. The van der Waals surface area contributed by atoms with Gasteiger partial charge < -0.3 is 9.72 Å². The van der Waals surface area contributed by atoms with Crippen LogP contribution in [0.15, 0.2) is 36.9 Å². The van der Waals surface area contributed by atoms with Crippen LogP contribution in [0.3, 0.4) is 0 Å². The zero-order chi connectivity index (χ0) is 15.8. The van der Waals surface area contributed by atoms with Crippen LogP contribution in [0.2, 0.25) is 0 Å². The molecule has 5 nitrogen and oxygen atoms in total. The minimum Gasteiger partial charge on any atom is -0.364 e. The number of hydrogen-bond donors (Lipinski definition) is 1. The van der Waals surface area contributed by atoms with Crippen LogP contribution in [0, 0.1) is 6.92 Å². The van der Waals surface area contributed by atoms with Crippen LogP contribution < -0.4 is 5.32 Å². The highest BCUT2D eigenvalue weighted by atomic mass is 32.1. The summed E-state index contributed by atoms with van der Waals surface area (Å²) in [6.45, 7) is 4.87. The maximum Gasteiger partial charge on any atom is 0.140 e. The Morgan fingerprint density at radius 2 is 2.22 bits per heavy atom. The van der Waals surface area contributed by atoms with E-state index in [2.05, 4.69) is 56.8 Å². The molecule has 0 aromatic carbocycles. The van der Waals surface area contributed by atoms with Gasteiger partial charge in [0.2, 0.25) is 0 Å². The average molecular weight is 323 g/mol. The molecule has 0 amide bonds. The molecule has 0 unspecified atom stereocenters. The van der Waals surface area contributed by atoms with E-state index in [0.717, 1.165) is 33.8 Å². The van der Waals surface area contributed by atoms with Gasteiger partial charge in [-0.1, -0.05) is 13.0 Å². The van der Waals surface area contributed by atoms with Crippen LogP contribution in [0.1, 0.15) is 23.1 Å². The van der Waals surface area contributed by atoms with Crippen LogP contribution in [0.5, 0.6) is 0 Å². The van der Waals surface area contributed by atoms with Gasteiger partial charge in [0.1, 0.15) is 22.6 Å². The fraction of sp³-hybridized carbons (Fsp3) is 0.235. The molecular weight excluding hydrogens is 306 g/mol. The van der Waals surface area contributed by atoms with E-state index in [1.165, 1.54) is 10.4 Å². The Labute approximate surface area is 138 Å². The molecule has 4 rings (SSSR count). The number of aromatic nitrogens is 4. The lowest BCUT2D eigenvalue weighted by molar-refractivity contribution is 1.06. The Hall–Kier alpha value is -2.47. The number of nitrogens with one attached hydrogen (secondary N) is 1. The van der Waals surface area contributed by atoms with E-state index in [1.807, 2.05) is 12.3 Å². The van der Waals surface area contributed by atoms with Gasteiger partial charge in [-0.3, -0.25) is 0 Å². The zero-order valence-electron chi connectivity index (χ0n) is 13.1. The van der Waals surface area contributed by atoms with Crippen molar-refractivity contribution in [1.29, 1.82) is 0 Å². The molecular formula is C17H17N5S. The lowest BCUT2D eigenvalue weighted by atomic mass is 10.3.